The van der Waals surface area contributed by atoms with E-state index in [4.69, 9.17) is 4.74 Å². The van der Waals surface area contributed by atoms with E-state index < -0.39 is 10.0 Å². The van der Waals surface area contributed by atoms with Crippen LogP contribution in [-0.4, -0.2) is 21.3 Å². The summed E-state index contributed by atoms with van der Waals surface area (Å²) in [6.45, 7) is 2.23. The highest BCUT2D eigenvalue weighted by Crippen LogP contribution is 2.17. The van der Waals surface area contributed by atoms with E-state index in [1.54, 1.807) is 19.2 Å². The van der Waals surface area contributed by atoms with Crippen LogP contribution in [0.4, 0.5) is 5.69 Å². The molecule has 1 N–H and O–H groups in total. The second-order valence-corrected chi connectivity index (χ2v) is 5.35. The Bertz CT molecular complexity index is 429. The molecule has 1 aromatic carbocycles. The van der Waals surface area contributed by atoms with E-state index in [9.17, 15) is 8.42 Å². The zero-order chi connectivity index (χ0) is 12.0. The normalized spacial score (nSPS) is 11.4. The molecule has 0 radical (unpaired) electrons. The van der Waals surface area contributed by atoms with Crippen molar-refractivity contribution in [1.82, 2.24) is 0 Å². The van der Waals surface area contributed by atoms with Crippen LogP contribution in [0.1, 0.15) is 18.9 Å². The Morgan fingerprint density at radius 2 is 2.00 bits per heavy atom. The Kier molecular flexibility index (Phi) is 4.76. The summed E-state index contributed by atoms with van der Waals surface area (Å²) in [6, 6.07) is 7.23. The van der Waals surface area contributed by atoms with Gasteiger partial charge in [-0.05, 0) is 12.5 Å². The van der Waals surface area contributed by atoms with E-state index in [2.05, 4.69) is 4.72 Å². The van der Waals surface area contributed by atoms with Crippen LogP contribution in [0.15, 0.2) is 24.3 Å². The Balaban J connectivity index is 2.88. The maximum Gasteiger partial charge on any atom is 0.232 e. The predicted molar refractivity (Wildman–Crippen MR) is 64.9 cm³/mol. The molecule has 0 bridgehead atoms. The first kappa shape index (κ1) is 13.0. The molecule has 0 fully saturated rings. The quantitative estimate of drug-likeness (QED) is 0.831. The smallest absolute Gasteiger partial charge is 0.232 e. The predicted octanol–water partition coefficient (Wildman–Crippen LogP) is 1.98. The lowest BCUT2D eigenvalue weighted by Crippen LogP contribution is -2.17. The Morgan fingerprint density at radius 3 is 2.62 bits per heavy atom. The van der Waals surface area contributed by atoms with Gasteiger partial charge in [0.1, 0.15) is 0 Å². The number of anilines is 1. The van der Waals surface area contributed by atoms with Crippen molar-refractivity contribution >= 4 is 15.7 Å². The van der Waals surface area contributed by atoms with Gasteiger partial charge in [-0.15, -0.1) is 0 Å². The van der Waals surface area contributed by atoms with Crippen molar-refractivity contribution in [1.29, 1.82) is 0 Å². The fraction of sp³-hybridized carbons (Fsp3) is 0.455. The molecule has 0 aromatic heterocycles. The number of sulfonamides is 1. The molecule has 90 valence electrons. The van der Waals surface area contributed by atoms with E-state index in [1.807, 2.05) is 19.1 Å². The highest BCUT2D eigenvalue weighted by Gasteiger charge is 2.10. The van der Waals surface area contributed by atoms with Gasteiger partial charge in [0.2, 0.25) is 10.0 Å². The number of hydrogen-bond acceptors (Lipinski definition) is 3. The molecule has 4 nitrogen and oxygen atoms in total. The Hall–Kier alpha value is -1.07. The van der Waals surface area contributed by atoms with Gasteiger partial charge in [-0.25, -0.2) is 8.42 Å². The third kappa shape index (κ3) is 3.83. The Morgan fingerprint density at radius 1 is 1.31 bits per heavy atom. The van der Waals surface area contributed by atoms with E-state index in [1.165, 1.54) is 0 Å². The summed E-state index contributed by atoms with van der Waals surface area (Å²) in [5.74, 6) is 0.133. The molecule has 0 spiro atoms. The molecule has 1 aromatic rings. The lowest BCUT2D eigenvalue weighted by atomic mass is 10.2. The number of rotatable bonds is 6. The van der Waals surface area contributed by atoms with E-state index in [-0.39, 0.29) is 5.75 Å². The highest BCUT2D eigenvalue weighted by atomic mass is 32.2. The highest BCUT2D eigenvalue weighted by molar-refractivity contribution is 7.92. The average Bonchev–Trinajstić information content (AvgIpc) is 2.20. The summed E-state index contributed by atoms with van der Waals surface area (Å²) in [4.78, 5) is 0. The zero-order valence-electron chi connectivity index (χ0n) is 9.56. The minimum absolute atomic E-state index is 0.133. The molecular formula is C11H17NO3S. The third-order valence-electron chi connectivity index (χ3n) is 2.06. The maximum absolute atomic E-state index is 11.6. The summed E-state index contributed by atoms with van der Waals surface area (Å²) in [5.41, 5.74) is 1.43. The molecule has 0 atom stereocenters. The van der Waals surface area contributed by atoms with Crippen LogP contribution in [-0.2, 0) is 21.4 Å². The lowest BCUT2D eigenvalue weighted by Gasteiger charge is -2.11. The van der Waals surface area contributed by atoms with Gasteiger partial charge in [0, 0.05) is 12.7 Å². The van der Waals surface area contributed by atoms with Gasteiger partial charge in [0.25, 0.3) is 0 Å². The van der Waals surface area contributed by atoms with Crippen molar-refractivity contribution in [3.63, 3.8) is 0 Å². The number of methoxy groups -OCH3 is 1. The SMILES string of the molecule is CCCS(=O)(=O)Nc1ccccc1COC. The minimum Gasteiger partial charge on any atom is -0.380 e. The molecule has 0 amide bonds. The summed E-state index contributed by atoms with van der Waals surface area (Å²) >= 11 is 0. The van der Waals surface area contributed by atoms with Crippen molar-refractivity contribution in [3.05, 3.63) is 29.8 Å². The van der Waals surface area contributed by atoms with Crippen molar-refractivity contribution in [2.45, 2.75) is 20.0 Å². The van der Waals surface area contributed by atoms with Crippen molar-refractivity contribution in [2.75, 3.05) is 17.6 Å². The van der Waals surface area contributed by atoms with Crippen LogP contribution < -0.4 is 4.72 Å². The first-order chi connectivity index (χ1) is 7.59. The van der Waals surface area contributed by atoms with Crippen LogP contribution in [0, 0.1) is 0 Å². The van der Waals surface area contributed by atoms with Gasteiger partial charge in [-0.3, -0.25) is 4.72 Å². The van der Waals surface area contributed by atoms with Crippen LogP contribution >= 0.6 is 0 Å². The molecule has 16 heavy (non-hydrogen) atoms. The molecule has 1 rings (SSSR count). The van der Waals surface area contributed by atoms with Crippen LogP contribution in [0.5, 0.6) is 0 Å². The number of para-hydroxylation sites is 1. The molecular weight excluding hydrogens is 226 g/mol. The molecule has 0 unspecified atom stereocenters. The van der Waals surface area contributed by atoms with Crippen LogP contribution in [0.2, 0.25) is 0 Å². The van der Waals surface area contributed by atoms with Crippen LogP contribution in [0.25, 0.3) is 0 Å². The molecule has 0 aliphatic rings. The summed E-state index contributed by atoms with van der Waals surface area (Å²) < 4.78 is 30.8. The van der Waals surface area contributed by atoms with Gasteiger partial charge in [-0.1, -0.05) is 25.1 Å². The number of hydrogen-bond donors (Lipinski definition) is 1. The van der Waals surface area contributed by atoms with E-state index >= 15 is 0 Å². The number of ether oxygens (including phenoxy) is 1. The van der Waals surface area contributed by atoms with Gasteiger partial charge >= 0.3 is 0 Å². The lowest BCUT2D eigenvalue weighted by molar-refractivity contribution is 0.185. The Labute approximate surface area is 96.7 Å². The second-order valence-electron chi connectivity index (χ2n) is 3.51. The number of benzene rings is 1. The first-order valence-corrected chi connectivity index (χ1v) is 6.81. The molecule has 0 aliphatic carbocycles. The van der Waals surface area contributed by atoms with Gasteiger partial charge in [0.05, 0.1) is 18.0 Å². The van der Waals surface area contributed by atoms with Gasteiger partial charge in [0.15, 0.2) is 0 Å². The van der Waals surface area contributed by atoms with Gasteiger partial charge in [-0.2, -0.15) is 0 Å². The molecule has 5 heteroatoms. The molecule has 0 aliphatic heterocycles. The first-order valence-electron chi connectivity index (χ1n) is 5.16. The topological polar surface area (TPSA) is 55.4 Å². The summed E-state index contributed by atoms with van der Waals surface area (Å²) in [5, 5.41) is 0. The zero-order valence-corrected chi connectivity index (χ0v) is 10.4. The van der Waals surface area contributed by atoms with Crippen molar-refractivity contribution in [2.24, 2.45) is 0 Å². The fourth-order valence-electron chi connectivity index (χ4n) is 1.39. The second kappa shape index (κ2) is 5.86. The fourth-order valence-corrected chi connectivity index (χ4v) is 2.56. The average molecular weight is 243 g/mol. The van der Waals surface area contributed by atoms with Crippen molar-refractivity contribution < 1.29 is 13.2 Å². The largest absolute Gasteiger partial charge is 0.380 e. The van der Waals surface area contributed by atoms with E-state index in [0.29, 0.717) is 18.7 Å². The minimum atomic E-state index is -3.23. The third-order valence-corrected chi connectivity index (χ3v) is 3.53. The standard InChI is InChI=1S/C11H17NO3S/c1-3-8-16(13,14)12-11-7-5-4-6-10(11)9-15-2/h4-7,12H,3,8-9H2,1-2H3. The number of nitrogens with one attached hydrogen (secondary N) is 1. The van der Waals surface area contributed by atoms with Crippen molar-refractivity contribution in [3.8, 4) is 0 Å². The van der Waals surface area contributed by atoms with Crippen LogP contribution in [0.3, 0.4) is 0 Å². The monoisotopic (exact) mass is 243 g/mol. The summed E-state index contributed by atoms with van der Waals surface area (Å²) in [7, 11) is -1.65. The molecule has 0 saturated heterocycles. The molecule has 0 saturated carbocycles. The van der Waals surface area contributed by atoms with Gasteiger partial charge < -0.3 is 4.74 Å². The maximum atomic E-state index is 11.6. The molecule has 0 heterocycles. The van der Waals surface area contributed by atoms with E-state index in [0.717, 1.165) is 5.56 Å². The summed E-state index contributed by atoms with van der Waals surface area (Å²) in [6.07, 6.45) is 0.599.